The van der Waals surface area contributed by atoms with Crippen LogP contribution in [0.15, 0.2) is 0 Å². The summed E-state index contributed by atoms with van der Waals surface area (Å²) in [5.41, 5.74) is 6.66. The molecule has 2 aliphatic heterocycles. The molecule has 2 nitrogen and oxygen atoms in total. The van der Waals surface area contributed by atoms with Crippen LogP contribution in [0.3, 0.4) is 0 Å². The van der Waals surface area contributed by atoms with Crippen LogP contribution < -0.4 is 10.9 Å². The minimum Gasteiger partial charge on any atom is -0.255 e. The van der Waals surface area contributed by atoms with E-state index >= 15 is 0 Å². The highest BCUT2D eigenvalue weighted by atomic mass is 15.4. The first-order valence-corrected chi connectivity index (χ1v) is 3.96. The van der Waals surface area contributed by atoms with Gasteiger partial charge in [-0.15, -0.1) is 0 Å². The van der Waals surface area contributed by atoms with Crippen LogP contribution >= 0.6 is 0 Å². The second-order valence-electron chi connectivity index (χ2n) is 3.19. The highest BCUT2D eigenvalue weighted by molar-refractivity contribution is 4.81. The van der Waals surface area contributed by atoms with Gasteiger partial charge in [0.15, 0.2) is 0 Å². The van der Waals surface area contributed by atoms with E-state index in [9.17, 15) is 0 Å². The quantitative estimate of drug-likeness (QED) is 0.501. The number of nitrogens with one attached hydrogen (secondary N) is 2. The molecule has 1 aliphatic carbocycles. The van der Waals surface area contributed by atoms with Gasteiger partial charge in [0, 0.05) is 12.1 Å². The average Bonchev–Trinajstić information content (AvgIpc) is 2.21. The normalized spacial score (nSPS) is 42.7. The Kier molecular flexibility index (Phi) is 1.44. The lowest BCUT2D eigenvalue weighted by Gasteiger charge is -2.25. The summed E-state index contributed by atoms with van der Waals surface area (Å²) in [6, 6.07) is 1.56. The summed E-state index contributed by atoms with van der Waals surface area (Å²) in [5, 5.41) is 0. The monoisotopic (exact) mass is 126 g/mol. The van der Waals surface area contributed by atoms with E-state index in [1.165, 1.54) is 32.1 Å². The van der Waals surface area contributed by atoms with Gasteiger partial charge in [0.1, 0.15) is 0 Å². The number of hydrazine groups is 1. The third-order valence-electron chi connectivity index (χ3n) is 2.46. The van der Waals surface area contributed by atoms with E-state index in [1.54, 1.807) is 0 Å². The average molecular weight is 126 g/mol. The smallest absolute Gasteiger partial charge is 0.0213 e. The van der Waals surface area contributed by atoms with Gasteiger partial charge in [0.25, 0.3) is 0 Å². The van der Waals surface area contributed by atoms with Crippen molar-refractivity contribution in [1.82, 2.24) is 10.9 Å². The maximum atomic E-state index is 3.33. The van der Waals surface area contributed by atoms with Gasteiger partial charge in [-0.1, -0.05) is 6.42 Å². The molecule has 0 aromatic rings. The Labute approximate surface area is 56.0 Å². The van der Waals surface area contributed by atoms with Crippen molar-refractivity contribution in [3.8, 4) is 0 Å². The van der Waals surface area contributed by atoms with Crippen molar-refractivity contribution in [1.29, 1.82) is 0 Å². The highest BCUT2D eigenvalue weighted by Gasteiger charge is 2.23. The Morgan fingerprint density at radius 2 is 1.33 bits per heavy atom. The molecule has 3 aliphatic rings. The summed E-state index contributed by atoms with van der Waals surface area (Å²) in [6.45, 7) is 0. The van der Waals surface area contributed by atoms with Crippen molar-refractivity contribution >= 4 is 0 Å². The Morgan fingerprint density at radius 3 is 1.78 bits per heavy atom. The Hall–Kier alpha value is -0.0800. The molecule has 2 bridgehead atoms. The van der Waals surface area contributed by atoms with E-state index in [4.69, 9.17) is 0 Å². The van der Waals surface area contributed by atoms with Crippen molar-refractivity contribution in [2.24, 2.45) is 0 Å². The Bertz CT molecular complexity index is 77.6. The summed E-state index contributed by atoms with van der Waals surface area (Å²) >= 11 is 0. The topological polar surface area (TPSA) is 24.1 Å². The predicted molar refractivity (Wildman–Crippen MR) is 36.9 cm³/mol. The van der Waals surface area contributed by atoms with Gasteiger partial charge < -0.3 is 0 Å². The van der Waals surface area contributed by atoms with E-state index in [0.717, 1.165) is 12.1 Å². The number of hydrogen-bond acceptors (Lipinski definition) is 2. The van der Waals surface area contributed by atoms with Crippen LogP contribution in [-0.2, 0) is 0 Å². The van der Waals surface area contributed by atoms with Gasteiger partial charge in [-0.05, 0) is 25.7 Å². The minimum atomic E-state index is 0.781. The van der Waals surface area contributed by atoms with E-state index in [1.807, 2.05) is 0 Å². The molecule has 2 heteroatoms. The van der Waals surface area contributed by atoms with Crippen LogP contribution in [0.5, 0.6) is 0 Å². The Morgan fingerprint density at radius 1 is 0.778 bits per heavy atom. The molecule has 2 N–H and O–H groups in total. The lowest BCUT2D eigenvalue weighted by atomic mass is 10.1. The van der Waals surface area contributed by atoms with Gasteiger partial charge in [0.2, 0.25) is 0 Å². The zero-order valence-corrected chi connectivity index (χ0v) is 5.69. The lowest BCUT2D eigenvalue weighted by Crippen LogP contribution is -2.49. The van der Waals surface area contributed by atoms with Crippen LogP contribution in [0.4, 0.5) is 0 Å². The van der Waals surface area contributed by atoms with Crippen molar-refractivity contribution in [2.45, 2.75) is 44.2 Å². The summed E-state index contributed by atoms with van der Waals surface area (Å²) in [4.78, 5) is 0. The van der Waals surface area contributed by atoms with E-state index in [0.29, 0.717) is 0 Å². The largest absolute Gasteiger partial charge is 0.255 e. The number of hydrogen-bond donors (Lipinski definition) is 2. The molecule has 0 spiro atoms. The summed E-state index contributed by atoms with van der Waals surface area (Å²) in [7, 11) is 0. The summed E-state index contributed by atoms with van der Waals surface area (Å²) in [5.74, 6) is 0. The highest BCUT2D eigenvalue weighted by Crippen LogP contribution is 2.20. The molecule has 0 aromatic carbocycles. The molecule has 2 heterocycles. The molecule has 2 atom stereocenters. The minimum absolute atomic E-state index is 0.781. The third-order valence-corrected chi connectivity index (χ3v) is 2.46. The lowest BCUT2D eigenvalue weighted by molar-refractivity contribution is 0.301. The van der Waals surface area contributed by atoms with E-state index in [-0.39, 0.29) is 0 Å². The molecule has 2 unspecified atom stereocenters. The molecule has 2 saturated heterocycles. The standard InChI is InChI=1S/C7H14N2/c1-2-6-4-5-7(3-1)9-8-6/h6-9H,1-5H2. The Balaban J connectivity index is 2.03. The van der Waals surface area contributed by atoms with Gasteiger partial charge in [-0.2, -0.15) is 0 Å². The molecular weight excluding hydrogens is 112 g/mol. The molecule has 1 saturated carbocycles. The first-order valence-electron chi connectivity index (χ1n) is 3.96. The van der Waals surface area contributed by atoms with Crippen molar-refractivity contribution in [2.75, 3.05) is 0 Å². The van der Waals surface area contributed by atoms with Crippen LogP contribution in [0.2, 0.25) is 0 Å². The molecule has 3 fully saturated rings. The second-order valence-corrected chi connectivity index (χ2v) is 3.19. The predicted octanol–water partition coefficient (Wildman–Crippen LogP) is 0.795. The SMILES string of the molecule is C1CC2CCC(C1)NN2. The van der Waals surface area contributed by atoms with E-state index in [2.05, 4.69) is 10.9 Å². The van der Waals surface area contributed by atoms with Gasteiger partial charge >= 0.3 is 0 Å². The fourth-order valence-electron chi connectivity index (χ4n) is 1.83. The number of rotatable bonds is 0. The maximum Gasteiger partial charge on any atom is 0.0213 e. The van der Waals surface area contributed by atoms with Gasteiger partial charge in [-0.3, -0.25) is 10.9 Å². The fraction of sp³-hybridized carbons (Fsp3) is 1.00. The van der Waals surface area contributed by atoms with Crippen molar-refractivity contribution in [3.63, 3.8) is 0 Å². The van der Waals surface area contributed by atoms with Gasteiger partial charge in [0.05, 0.1) is 0 Å². The van der Waals surface area contributed by atoms with Crippen molar-refractivity contribution in [3.05, 3.63) is 0 Å². The fourth-order valence-corrected chi connectivity index (χ4v) is 1.83. The molecule has 0 amide bonds. The zero-order chi connectivity index (χ0) is 6.10. The molecular formula is C7H14N2. The van der Waals surface area contributed by atoms with Crippen LogP contribution in [-0.4, -0.2) is 12.1 Å². The van der Waals surface area contributed by atoms with Crippen molar-refractivity contribution < 1.29 is 0 Å². The third kappa shape index (κ3) is 1.10. The number of fused-ring (bicyclic) bond motifs is 4. The van der Waals surface area contributed by atoms with Crippen LogP contribution in [0, 0.1) is 0 Å². The molecule has 52 valence electrons. The maximum absolute atomic E-state index is 3.33. The van der Waals surface area contributed by atoms with Crippen LogP contribution in [0.1, 0.15) is 32.1 Å². The van der Waals surface area contributed by atoms with E-state index < -0.39 is 0 Å². The summed E-state index contributed by atoms with van der Waals surface area (Å²) in [6.07, 6.45) is 6.94. The van der Waals surface area contributed by atoms with Crippen LogP contribution in [0.25, 0.3) is 0 Å². The molecule has 9 heavy (non-hydrogen) atoms. The zero-order valence-electron chi connectivity index (χ0n) is 5.69. The van der Waals surface area contributed by atoms with Gasteiger partial charge in [-0.25, -0.2) is 0 Å². The first kappa shape index (κ1) is 5.69. The summed E-state index contributed by atoms with van der Waals surface area (Å²) < 4.78 is 0. The molecule has 0 radical (unpaired) electrons. The molecule has 0 aromatic heterocycles. The second kappa shape index (κ2) is 2.27. The molecule has 3 rings (SSSR count). The first-order chi connectivity index (χ1) is 4.45.